The summed E-state index contributed by atoms with van der Waals surface area (Å²) in [4.78, 5) is 0. The van der Waals surface area contributed by atoms with Gasteiger partial charge >= 0.3 is 118 Å². The Morgan fingerprint density at radius 1 is 0.500 bits per heavy atom. The summed E-state index contributed by atoms with van der Waals surface area (Å²) in [6.07, 6.45) is 4.79. The van der Waals surface area contributed by atoms with E-state index in [2.05, 4.69) is 0 Å². The van der Waals surface area contributed by atoms with Crippen LogP contribution in [0, 0.1) is 0 Å². The van der Waals surface area contributed by atoms with Crippen LogP contribution in [0.15, 0.2) is 0 Å². The van der Waals surface area contributed by atoms with Gasteiger partial charge in [-0.05, 0) is 25.9 Å². The Labute approximate surface area is 165 Å². The first-order valence-corrected chi connectivity index (χ1v) is 3.32. The molecule has 0 aromatic rings. The van der Waals surface area contributed by atoms with Crippen LogP contribution < -0.4 is 11.5 Å². The van der Waals surface area contributed by atoms with E-state index < -0.39 is 0 Å². The molecule has 0 fully saturated rings. The van der Waals surface area contributed by atoms with E-state index in [1.165, 1.54) is 12.8 Å². The van der Waals surface area contributed by atoms with Gasteiger partial charge in [0.15, 0.2) is 0 Å². The molecule has 0 aliphatic carbocycles. The molecule has 0 bridgehead atoms. The van der Waals surface area contributed by atoms with Crippen LogP contribution in [0.1, 0.15) is 25.7 Å². The molecule has 58 valence electrons. The quantitative estimate of drug-likeness (QED) is 0.404. The Bertz CT molecular complexity index is 42.5. The van der Waals surface area contributed by atoms with Crippen LogP contribution in [0.5, 0.6) is 0 Å². The Balaban J connectivity index is -0.0000000408. The first-order valence-electron chi connectivity index (χ1n) is 3.32. The molecule has 2 nitrogen and oxygen atoms in total. The zero-order valence-corrected chi connectivity index (χ0v) is 5.40. The maximum atomic E-state index is 5.28. The van der Waals surface area contributed by atoms with Crippen molar-refractivity contribution in [1.29, 1.82) is 0 Å². The van der Waals surface area contributed by atoms with Crippen LogP contribution in [0.25, 0.3) is 0 Å². The standard InChI is InChI=1S/C6H16N2.4Na.4H/c7-5-3-1-2-4-6-8;;;;;;;;/h1-8H2;;;;;;;;. The summed E-state index contributed by atoms with van der Waals surface area (Å²) in [6, 6.07) is 0. The summed E-state index contributed by atoms with van der Waals surface area (Å²) in [5.74, 6) is 0. The minimum atomic E-state index is 0. The molecule has 0 rings (SSSR count). The van der Waals surface area contributed by atoms with Crippen molar-refractivity contribution in [2.45, 2.75) is 25.7 Å². The van der Waals surface area contributed by atoms with Gasteiger partial charge < -0.3 is 11.5 Å². The molecule has 0 spiro atoms. The van der Waals surface area contributed by atoms with Gasteiger partial charge in [-0.1, -0.05) is 12.8 Å². The van der Waals surface area contributed by atoms with E-state index in [1.54, 1.807) is 0 Å². The minimum absolute atomic E-state index is 0. The molecular formula is C6H20N2Na4. The third-order valence-electron chi connectivity index (χ3n) is 1.16. The molecule has 0 aliphatic heterocycles. The molecule has 0 aromatic heterocycles. The molecule has 0 atom stereocenters. The zero-order chi connectivity index (χ0) is 6.24. The number of unbranched alkanes of at least 4 members (excludes halogenated alkanes) is 3. The molecule has 12 heavy (non-hydrogen) atoms. The van der Waals surface area contributed by atoms with Gasteiger partial charge in [0.1, 0.15) is 0 Å². The average Bonchev–Trinajstić information content (AvgIpc) is 1.81. The molecule has 4 N–H and O–H groups in total. The van der Waals surface area contributed by atoms with Crippen molar-refractivity contribution in [2.75, 3.05) is 13.1 Å². The number of nitrogens with two attached hydrogens (primary N) is 2. The molecule has 0 saturated heterocycles. The zero-order valence-electron chi connectivity index (χ0n) is 5.40. The summed E-state index contributed by atoms with van der Waals surface area (Å²) in [6.45, 7) is 1.65. The van der Waals surface area contributed by atoms with E-state index in [4.69, 9.17) is 11.5 Å². The monoisotopic (exact) mass is 212 g/mol. The van der Waals surface area contributed by atoms with Crippen molar-refractivity contribution in [3.8, 4) is 0 Å². The van der Waals surface area contributed by atoms with Crippen molar-refractivity contribution >= 4 is 118 Å². The first kappa shape index (κ1) is 29.7. The van der Waals surface area contributed by atoms with Crippen molar-refractivity contribution in [3.63, 3.8) is 0 Å². The van der Waals surface area contributed by atoms with Crippen molar-refractivity contribution in [2.24, 2.45) is 11.5 Å². The van der Waals surface area contributed by atoms with E-state index in [-0.39, 0.29) is 118 Å². The summed E-state index contributed by atoms with van der Waals surface area (Å²) in [5, 5.41) is 0. The van der Waals surface area contributed by atoms with Crippen LogP contribution in [-0.2, 0) is 0 Å². The number of hydrogen-bond acceptors (Lipinski definition) is 2. The van der Waals surface area contributed by atoms with Crippen LogP contribution in [-0.4, -0.2) is 131 Å². The van der Waals surface area contributed by atoms with Gasteiger partial charge in [-0.3, -0.25) is 0 Å². The predicted molar refractivity (Wildman–Crippen MR) is 65.2 cm³/mol. The molecule has 0 saturated carbocycles. The van der Waals surface area contributed by atoms with E-state index in [0.717, 1.165) is 25.9 Å². The van der Waals surface area contributed by atoms with Gasteiger partial charge in [-0.15, -0.1) is 0 Å². The van der Waals surface area contributed by atoms with Crippen LogP contribution >= 0.6 is 0 Å². The second-order valence-electron chi connectivity index (χ2n) is 1.99. The van der Waals surface area contributed by atoms with E-state index in [9.17, 15) is 0 Å². The fourth-order valence-electron chi connectivity index (χ4n) is 0.642. The van der Waals surface area contributed by atoms with Crippen molar-refractivity contribution < 1.29 is 0 Å². The SMILES string of the molecule is NCCCCCCN.[NaH].[NaH].[NaH].[NaH]. The normalized spacial score (nSPS) is 6.50. The van der Waals surface area contributed by atoms with Gasteiger partial charge in [-0.25, -0.2) is 0 Å². The second kappa shape index (κ2) is 29.4. The summed E-state index contributed by atoms with van der Waals surface area (Å²) in [5.41, 5.74) is 10.6. The van der Waals surface area contributed by atoms with Gasteiger partial charge in [-0.2, -0.15) is 0 Å². The predicted octanol–water partition coefficient (Wildman–Crippen LogP) is -2.13. The van der Waals surface area contributed by atoms with Crippen molar-refractivity contribution in [3.05, 3.63) is 0 Å². The van der Waals surface area contributed by atoms with Gasteiger partial charge in [0.25, 0.3) is 0 Å². The van der Waals surface area contributed by atoms with Gasteiger partial charge in [0.05, 0.1) is 0 Å². The summed E-state index contributed by atoms with van der Waals surface area (Å²) < 4.78 is 0. The van der Waals surface area contributed by atoms with E-state index >= 15 is 0 Å². The van der Waals surface area contributed by atoms with Gasteiger partial charge in [0, 0.05) is 0 Å². The molecule has 0 radical (unpaired) electrons. The second-order valence-corrected chi connectivity index (χ2v) is 1.99. The number of rotatable bonds is 5. The van der Waals surface area contributed by atoms with Crippen LogP contribution in [0.4, 0.5) is 0 Å². The van der Waals surface area contributed by atoms with Gasteiger partial charge in [0.2, 0.25) is 0 Å². The molecule has 0 aromatic carbocycles. The molecule has 6 heteroatoms. The topological polar surface area (TPSA) is 52.0 Å². The maximum absolute atomic E-state index is 5.28. The molecule has 0 heterocycles. The van der Waals surface area contributed by atoms with Crippen molar-refractivity contribution in [1.82, 2.24) is 0 Å². The molecular weight excluding hydrogens is 192 g/mol. The third-order valence-corrected chi connectivity index (χ3v) is 1.16. The Hall–Kier alpha value is 3.92. The molecule has 0 unspecified atom stereocenters. The Morgan fingerprint density at radius 3 is 0.917 bits per heavy atom. The van der Waals surface area contributed by atoms with Crippen LogP contribution in [0.2, 0.25) is 0 Å². The first-order chi connectivity index (χ1) is 3.91. The fraction of sp³-hybridized carbons (Fsp3) is 1.00. The Kier molecular flexibility index (Phi) is 72.8. The van der Waals surface area contributed by atoms with E-state index in [0.29, 0.717) is 0 Å². The van der Waals surface area contributed by atoms with E-state index in [1.807, 2.05) is 0 Å². The third kappa shape index (κ3) is 29.2. The molecule has 0 aliphatic rings. The number of hydrogen-bond donors (Lipinski definition) is 2. The Morgan fingerprint density at radius 2 is 0.750 bits per heavy atom. The molecule has 0 amide bonds. The fourth-order valence-corrected chi connectivity index (χ4v) is 0.642. The van der Waals surface area contributed by atoms with Crippen LogP contribution in [0.3, 0.4) is 0 Å². The summed E-state index contributed by atoms with van der Waals surface area (Å²) >= 11 is 0. The average molecular weight is 212 g/mol. The summed E-state index contributed by atoms with van der Waals surface area (Å²) in [7, 11) is 0.